The van der Waals surface area contributed by atoms with E-state index in [1.165, 1.54) is 10.1 Å². The van der Waals surface area contributed by atoms with Crippen molar-refractivity contribution >= 4 is 27.3 Å². The summed E-state index contributed by atoms with van der Waals surface area (Å²) in [4.78, 5) is 18.3. The minimum atomic E-state index is 0.0685. The van der Waals surface area contributed by atoms with Gasteiger partial charge in [-0.3, -0.25) is 4.79 Å². The van der Waals surface area contributed by atoms with Crippen molar-refractivity contribution in [2.45, 2.75) is 13.8 Å². The minimum absolute atomic E-state index is 0.0685. The largest absolute Gasteiger partial charge is 0.351 e. The molecule has 1 aromatic carbocycles. The average molecular weight is 346 g/mol. The fourth-order valence-corrected chi connectivity index (χ4v) is 4.40. The van der Waals surface area contributed by atoms with Crippen LogP contribution in [0.25, 0.3) is 10.1 Å². The first-order valence-electron chi connectivity index (χ1n) is 8.72. The lowest BCUT2D eigenvalue weighted by Gasteiger charge is -2.33. The zero-order chi connectivity index (χ0) is 17.1. The Bertz CT molecular complexity index is 704. The van der Waals surface area contributed by atoms with Gasteiger partial charge in [-0.2, -0.15) is 0 Å². The molecule has 0 aliphatic carbocycles. The second kappa shape index (κ2) is 7.64. The third kappa shape index (κ3) is 3.97. The Labute approximate surface area is 148 Å². The molecule has 1 saturated heterocycles. The normalized spacial score (nSPS) is 18.0. The van der Waals surface area contributed by atoms with Gasteiger partial charge in [0.05, 0.1) is 4.88 Å². The van der Waals surface area contributed by atoms with Gasteiger partial charge in [0, 0.05) is 44.0 Å². The zero-order valence-corrected chi connectivity index (χ0v) is 15.7. The molecule has 2 heterocycles. The number of rotatable bonds is 5. The summed E-state index contributed by atoms with van der Waals surface area (Å²) < 4.78 is 1.19. The molecule has 3 rings (SSSR count). The lowest BCUT2D eigenvalue weighted by molar-refractivity contribution is 0.0941. The number of hydrogen-bond donors (Lipinski definition) is 1. The van der Waals surface area contributed by atoms with Crippen LogP contribution < -0.4 is 5.32 Å². The number of amides is 1. The van der Waals surface area contributed by atoms with E-state index in [2.05, 4.69) is 41.2 Å². The van der Waals surface area contributed by atoms with Crippen LogP contribution in [0, 0.1) is 12.8 Å². The molecule has 1 aromatic heterocycles. The molecule has 1 aliphatic rings. The van der Waals surface area contributed by atoms with Gasteiger partial charge in [-0.05, 0) is 36.9 Å². The van der Waals surface area contributed by atoms with Gasteiger partial charge in [0.1, 0.15) is 0 Å². The topological polar surface area (TPSA) is 35.6 Å². The van der Waals surface area contributed by atoms with Crippen LogP contribution in [-0.4, -0.2) is 62.0 Å². The maximum absolute atomic E-state index is 12.6. The Balaban J connectivity index is 1.53. The van der Waals surface area contributed by atoms with E-state index in [-0.39, 0.29) is 5.91 Å². The van der Waals surface area contributed by atoms with Gasteiger partial charge >= 0.3 is 0 Å². The van der Waals surface area contributed by atoms with Crippen LogP contribution in [0.15, 0.2) is 24.3 Å². The number of carbonyl (C=O) groups is 1. The molecule has 5 heteroatoms. The second-order valence-corrected chi connectivity index (χ2v) is 8.02. The Hall–Kier alpha value is -1.43. The van der Waals surface area contributed by atoms with Crippen molar-refractivity contribution < 1.29 is 4.79 Å². The number of likely N-dealkylation sites (N-methyl/N-ethyl adjacent to an activating group) is 1. The first-order chi connectivity index (χ1) is 11.5. The summed E-state index contributed by atoms with van der Waals surface area (Å²) in [6.07, 6.45) is 0. The van der Waals surface area contributed by atoms with Gasteiger partial charge < -0.3 is 15.1 Å². The van der Waals surface area contributed by atoms with Gasteiger partial charge in [-0.1, -0.05) is 25.1 Å². The molecule has 4 nitrogen and oxygen atoms in total. The fourth-order valence-electron chi connectivity index (χ4n) is 3.27. The number of piperazine rings is 1. The van der Waals surface area contributed by atoms with Crippen molar-refractivity contribution in [3.8, 4) is 0 Å². The summed E-state index contributed by atoms with van der Waals surface area (Å²) in [6.45, 7) is 10.6. The second-order valence-electron chi connectivity index (χ2n) is 6.97. The van der Waals surface area contributed by atoms with Crippen molar-refractivity contribution in [1.82, 2.24) is 15.1 Å². The van der Waals surface area contributed by atoms with Crippen LogP contribution >= 0.6 is 11.3 Å². The number of nitrogens with one attached hydrogen (secondary N) is 1. The molecule has 1 amide bonds. The van der Waals surface area contributed by atoms with Gasteiger partial charge in [-0.15, -0.1) is 11.3 Å². The molecule has 1 fully saturated rings. The van der Waals surface area contributed by atoms with E-state index in [0.717, 1.165) is 49.7 Å². The van der Waals surface area contributed by atoms with E-state index < -0.39 is 0 Å². The number of carbonyl (C=O) groups excluding carboxylic acids is 1. The molecular weight excluding hydrogens is 318 g/mol. The molecule has 0 spiro atoms. The predicted octanol–water partition coefficient (Wildman–Crippen LogP) is 2.82. The molecule has 130 valence electrons. The molecule has 24 heavy (non-hydrogen) atoms. The number of benzene rings is 1. The van der Waals surface area contributed by atoms with Crippen molar-refractivity contribution in [2.24, 2.45) is 5.92 Å². The van der Waals surface area contributed by atoms with Crippen LogP contribution in [0.2, 0.25) is 0 Å². The SMILES string of the molecule is Cc1c(C(=O)NCC(C)CN2CCN(C)CC2)sc2ccccc12. The number of thiophene rings is 1. The van der Waals surface area contributed by atoms with Crippen LogP contribution in [0.3, 0.4) is 0 Å². The fraction of sp³-hybridized carbons (Fsp3) is 0.526. The van der Waals surface area contributed by atoms with Crippen molar-refractivity contribution in [3.63, 3.8) is 0 Å². The van der Waals surface area contributed by atoms with Crippen LogP contribution in [0.5, 0.6) is 0 Å². The van der Waals surface area contributed by atoms with E-state index in [0.29, 0.717) is 5.92 Å². The lowest BCUT2D eigenvalue weighted by atomic mass is 10.1. The highest BCUT2D eigenvalue weighted by molar-refractivity contribution is 7.21. The first kappa shape index (κ1) is 17.4. The standard InChI is InChI=1S/C19H27N3OS/c1-14(13-22-10-8-21(3)9-11-22)12-20-19(23)18-15(2)16-6-4-5-7-17(16)24-18/h4-7,14H,8-13H2,1-3H3,(H,20,23). The molecule has 0 radical (unpaired) electrons. The summed E-state index contributed by atoms with van der Waals surface area (Å²) in [7, 11) is 2.17. The van der Waals surface area contributed by atoms with Crippen LogP contribution in [0.4, 0.5) is 0 Å². The minimum Gasteiger partial charge on any atom is -0.351 e. The smallest absolute Gasteiger partial charge is 0.261 e. The monoisotopic (exact) mass is 345 g/mol. The molecule has 1 aliphatic heterocycles. The molecule has 1 unspecified atom stereocenters. The summed E-state index contributed by atoms with van der Waals surface area (Å²) >= 11 is 1.59. The summed E-state index contributed by atoms with van der Waals surface area (Å²) in [5.74, 6) is 0.533. The Kier molecular flexibility index (Phi) is 5.54. The number of aryl methyl sites for hydroxylation is 1. The Morgan fingerprint density at radius 1 is 1.25 bits per heavy atom. The zero-order valence-electron chi connectivity index (χ0n) is 14.8. The van der Waals surface area contributed by atoms with Gasteiger partial charge in [0.2, 0.25) is 0 Å². The number of hydrogen-bond acceptors (Lipinski definition) is 4. The maximum atomic E-state index is 12.6. The molecule has 0 bridgehead atoms. The number of fused-ring (bicyclic) bond motifs is 1. The highest BCUT2D eigenvalue weighted by Crippen LogP contribution is 2.30. The van der Waals surface area contributed by atoms with Crippen molar-refractivity contribution in [1.29, 1.82) is 0 Å². The van der Waals surface area contributed by atoms with Gasteiger partial charge in [-0.25, -0.2) is 0 Å². The van der Waals surface area contributed by atoms with E-state index in [4.69, 9.17) is 0 Å². The van der Waals surface area contributed by atoms with E-state index in [1.807, 2.05) is 19.1 Å². The van der Waals surface area contributed by atoms with Crippen LogP contribution in [-0.2, 0) is 0 Å². The van der Waals surface area contributed by atoms with Crippen LogP contribution in [0.1, 0.15) is 22.2 Å². The Morgan fingerprint density at radius 3 is 2.67 bits per heavy atom. The molecular formula is C19H27N3OS. The summed E-state index contributed by atoms with van der Waals surface area (Å²) in [5, 5.41) is 4.33. The Morgan fingerprint density at radius 2 is 1.96 bits per heavy atom. The highest BCUT2D eigenvalue weighted by atomic mass is 32.1. The van der Waals surface area contributed by atoms with Crippen molar-refractivity contribution in [3.05, 3.63) is 34.7 Å². The maximum Gasteiger partial charge on any atom is 0.261 e. The van der Waals surface area contributed by atoms with E-state index in [9.17, 15) is 4.79 Å². The predicted molar refractivity (Wildman–Crippen MR) is 102 cm³/mol. The summed E-state index contributed by atoms with van der Waals surface area (Å²) in [6, 6.07) is 8.23. The molecule has 0 saturated carbocycles. The molecule has 2 aromatic rings. The van der Waals surface area contributed by atoms with Gasteiger partial charge in [0.15, 0.2) is 0 Å². The van der Waals surface area contributed by atoms with E-state index in [1.54, 1.807) is 11.3 Å². The lowest BCUT2D eigenvalue weighted by Crippen LogP contribution is -2.46. The third-order valence-electron chi connectivity index (χ3n) is 4.83. The molecule has 1 atom stereocenters. The van der Waals surface area contributed by atoms with E-state index >= 15 is 0 Å². The number of nitrogens with zero attached hydrogens (tertiary/aromatic N) is 2. The first-order valence-corrected chi connectivity index (χ1v) is 9.53. The average Bonchev–Trinajstić information content (AvgIpc) is 2.92. The summed E-state index contributed by atoms with van der Waals surface area (Å²) in [5.41, 5.74) is 1.10. The quantitative estimate of drug-likeness (QED) is 0.905. The highest BCUT2D eigenvalue weighted by Gasteiger charge is 2.18. The van der Waals surface area contributed by atoms with Gasteiger partial charge in [0.25, 0.3) is 5.91 Å². The van der Waals surface area contributed by atoms with Crippen molar-refractivity contribution in [2.75, 3.05) is 46.3 Å². The third-order valence-corrected chi connectivity index (χ3v) is 6.10. The molecule has 1 N–H and O–H groups in total.